The van der Waals surface area contributed by atoms with Crippen LogP contribution in [0.15, 0.2) is 0 Å². The maximum Gasteiger partial charge on any atom is 0.497 e. The molecule has 0 aromatic heterocycles. The van der Waals surface area contributed by atoms with E-state index < -0.39 is 8.80 Å². The minimum Gasteiger partial charge on any atom is -0.374 e. The molecule has 0 heterocycles. The van der Waals surface area contributed by atoms with Gasteiger partial charge < -0.3 is 13.3 Å². The number of hydrogen-bond acceptors (Lipinski definition) is 3. The second kappa shape index (κ2) is 8.41. The largest absolute Gasteiger partial charge is 0.497 e. The molecule has 0 aliphatic rings. The van der Waals surface area contributed by atoms with E-state index >= 15 is 0 Å². The average Bonchev–Trinajstić information content (AvgIpc) is 2.13. The molecule has 0 aromatic carbocycles. The summed E-state index contributed by atoms with van der Waals surface area (Å²) in [6.07, 6.45) is 3.52. The molecule has 0 rings (SSSR count). The van der Waals surface area contributed by atoms with E-state index in [2.05, 4.69) is 6.92 Å². The molecule has 0 fully saturated rings. The predicted octanol–water partition coefficient (Wildman–Crippen LogP) is 2.83. The van der Waals surface area contributed by atoms with Gasteiger partial charge in [-0.1, -0.05) is 19.8 Å². The molecular formula is C10H24O3Si. The monoisotopic (exact) mass is 220 g/mol. The third-order valence-corrected chi connectivity index (χ3v) is 4.28. The number of rotatable bonds is 9. The third kappa shape index (κ3) is 6.54. The van der Waals surface area contributed by atoms with Gasteiger partial charge in [0.1, 0.15) is 0 Å². The highest BCUT2D eigenvalue weighted by Crippen LogP contribution is 2.10. The molecule has 0 aromatic rings. The van der Waals surface area contributed by atoms with Crippen LogP contribution >= 0.6 is 0 Å². The lowest BCUT2D eigenvalue weighted by atomic mass is 10.3. The van der Waals surface area contributed by atoms with E-state index in [9.17, 15) is 0 Å². The van der Waals surface area contributed by atoms with Gasteiger partial charge in [-0.2, -0.15) is 0 Å². The summed E-state index contributed by atoms with van der Waals surface area (Å²) in [5, 5.41) is 0. The molecule has 0 radical (unpaired) electrons. The van der Waals surface area contributed by atoms with Crippen molar-refractivity contribution in [1.82, 2.24) is 0 Å². The van der Waals surface area contributed by atoms with Crippen molar-refractivity contribution in [2.75, 3.05) is 19.8 Å². The first-order valence-corrected chi connectivity index (χ1v) is 7.82. The zero-order valence-corrected chi connectivity index (χ0v) is 11.0. The summed E-state index contributed by atoms with van der Waals surface area (Å²) in [5.41, 5.74) is 0. The summed E-state index contributed by atoms with van der Waals surface area (Å²) in [6.45, 7) is 10.2. The molecule has 0 spiro atoms. The zero-order chi connectivity index (χ0) is 10.9. The van der Waals surface area contributed by atoms with E-state index in [1.54, 1.807) is 0 Å². The number of hydrogen-bond donors (Lipinski definition) is 0. The Balaban J connectivity index is 3.71. The van der Waals surface area contributed by atoms with E-state index in [-0.39, 0.29) is 0 Å². The van der Waals surface area contributed by atoms with E-state index in [0.29, 0.717) is 13.2 Å². The van der Waals surface area contributed by atoms with Crippen molar-refractivity contribution in [3.05, 3.63) is 0 Å². The van der Waals surface area contributed by atoms with Gasteiger partial charge in [0, 0.05) is 26.4 Å². The molecule has 0 N–H and O–H groups in total. The van der Waals surface area contributed by atoms with Crippen molar-refractivity contribution >= 4 is 8.80 Å². The Morgan fingerprint density at radius 3 is 1.86 bits per heavy atom. The first-order chi connectivity index (χ1) is 6.68. The molecule has 0 aliphatic carbocycles. The standard InChI is InChI=1S/C10H24O3Si/c1-5-8-9-10-13-14(4,11-6-2)12-7-3/h5-10H2,1-4H3. The molecule has 0 saturated heterocycles. The van der Waals surface area contributed by atoms with Gasteiger partial charge in [-0.3, -0.25) is 0 Å². The molecule has 0 unspecified atom stereocenters. The lowest BCUT2D eigenvalue weighted by molar-refractivity contribution is 0.0725. The van der Waals surface area contributed by atoms with Gasteiger partial charge in [0.15, 0.2) is 0 Å². The van der Waals surface area contributed by atoms with Crippen LogP contribution in [0.5, 0.6) is 0 Å². The molecule has 3 nitrogen and oxygen atoms in total. The van der Waals surface area contributed by atoms with Gasteiger partial charge in [0.2, 0.25) is 0 Å². The highest BCUT2D eigenvalue weighted by Gasteiger charge is 2.33. The highest BCUT2D eigenvalue weighted by molar-refractivity contribution is 6.59. The highest BCUT2D eigenvalue weighted by atomic mass is 28.4. The minimum atomic E-state index is -2.30. The van der Waals surface area contributed by atoms with Crippen molar-refractivity contribution in [3.63, 3.8) is 0 Å². The molecule has 14 heavy (non-hydrogen) atoms. The predicted molar refractivity (Wildman–Crippen MR) is 60.3 cm³/mol. The Morgan fingerprint density at radius 1 is 0.857 bits per heavy atom. The molecule has 4 heteroatoms. The van der Waals surface area contributed by atoms with Gasteiger partial charge in [0.05, 0.1) is 0 Å². The topological polar surface area (TPSA) is 27.7 Å². The van der Waals surface area contributed by atoms with Crippen LogP contribution in [0.3, 0.4) is 0 Å². The summed E-state index contributed by atoms with van der Waals surface area (Å²) >= 11 is 0. The van der Waals surface area contributed by atoms with Crippen LogP contribution < -0.4 is 0 Å². The Morgan fingerprint density at radius 2 is 1.43 bits per heavy atom. The van der Waals surface area contributed by atoms with Gasteiger partial charge in [-0.05, 0) is 20.3 Å². The van der Waals surface area contributed by atoms with Crippen LogP contribution in [0, 0.1) is 0 Å². The van der Waals surface area contributed by atoms with Gasteiger partial charge in [-0.25, -0.2) is 0 Å². The lowest BCUT2D eigenvalue weighted by Gasteiger charge is -2.24. The van der Waals surface area contributed by atoms with Crippen LogP contribution in [0.1, 0.15) is 40.0 Å². The Bertz CT molecular complexity index is 125. The molecule has 0 amide bonds. The van der Waals surface area contributed by atoms with Crippen molar-refractivity contribution < 1.29 is 13.3 Å². The second-order valence-corrected chi connectivity index (χ2v) is 5.87. The van der Waals surface area contributed by atoms with Crippen LogP contribution in [0.2, 0.25) is 6.55 Å². The Kier molecular flexibility index (Phi) is 8.47. The van der Waals surface area contributed by atoms with Crippen molar-refractivity contribution in [2.24, 2.45) is 0 Å². The summed E-state index contributed by atoms with van der Waals surface area (Å²) in [7, 11) is -2.30. The van der Waals surface area contributed by atoms with Gasteiger partial charge in [-0.15, -0.1) is 0 Å². The van der Waals surface area contributed by atoms with E-state index in [1.807, 2.05) is 20.4 Å². The van der Waals surface area contributed by atoms with Crippen molar-refractivity contribution in [1.29, 1.82) is 0 Å². The fraction of sp³-hybridized carbons (Fsp3) is 1.00. The maximum atomic E-state index is 5.71. The molecule has 86 valence electrons. The fourth-order valence-corrected chi connectivity index (χ4v) is 3.07. The van der Waals surface area contributed by atoms with E-state index in [4.69, 9.17) is 13.3 Å². The minimum absolute atomic E-state index is 0.663. The SMILES string of the molecule is CCCCCO[Si](C)(OCC)OCC. The van der Waals surface area contributed by atoms with Crippen LogP contribution in [0.25, 0.3) is 0 Å². The summed E-state index contributed by atoms with van der Waals surface area (Å²) < 4.78 is 16.8. The van der Waals surface area contributed by atoms with Gasteiger partial charge in [0.25, 0.3) is 0 Å². The molecule has 0 saturated carbocycles. The second-order valence-electron chi connectivity index (χ2n) is 3.28. The van der Waals surface area contributed by atoms with Crippen LogP contribution in [-0.2, 0) is 13.3 Å². The summed E-state index contributed by atoms with van der Waals surface area (Å²) in [5.74, 6) is 0. The quantitative estimate of drug-likeness (QED) is 0.442. The van der Waals surface area contributed by atoms with E-state index in [1.165, 1.54) is 12.8 Å². The fourth-order valence-electron chi connectivity index (χ4n) is 1.26. The zero-order valence-electron chi connectivity index (χ0n) is 9.97. The average molecular weight is 220 g/mol. The first-order valence-electron chi connectivity index (χ1n) is 5.60. The molecule has 0 atom stereocenters. The Hall–Kier alpha value is 0.0969. The third-order valence-electron chi connectivity index (χ3n) is 1.93. The van der Waals surface area contributed by atoms with E-state index in [0.717, 1.165) is 13.0 Å². The Labute approximate surface area is 89.1 Å². The smallest absolute Gasteiger partial charge is 0.374 e. The number of unbranched alkanes of at least 4 members (excludes halogenated alkanes) is 2. The van der Waals surface area contributed by atoms with Gasteiger partial charge >= 0.3 is 8.80 Å². The van der Waals surface area contributed by atoms with Crippen LogP contribution in [-0.4, -0.2) is 28.6 Å². The summed E-state index contributed by atoms with van der Waals surface area (Å²) in [4.78, 5) is 0. The molecule has 0 bridgehead atoms. The maximum absolute atomic E-state index is 5.71. The van der Waals surface area contributed by atoms with Crippen molar-refractivity contribution in [3.8, 4) is 0 Å². The normalized spacial score (nSPS) is 12.0. The van der Waals surface area contributed by atoms with Crippen molar-refractivity contribution in [2.45, 2.75) is 46.6 Å². The molecular weight excluding hydrogens is 196 g/mol. The van der Waals surface area contributed by atoms with Crippen LogP contribution in [0.4, 0.5) is 0 Å². The lowest BCUT2D eigenvalue weighted by Crippen LogP contribution is -2.42. The first kappa shape index (κ1) is 14.1. The molecule has 0 aliphatic heterocycles. The summed E-state index contributed by atoms with van der Waals surface area (Å²) in [6, 6.07) is 0.